The number of primary amides is 1. The van der Waals surface area contributed by atoms with Crippen LogP contribution in [0.2, 0.25) is 0 Å². The number of carbonyl (C=O) groups is 3. The zero-order valence-corrected chi connectivity index (χ0v) is 18.4. The first-order valence-electron chi connectivity index (χ1n) is 10.3. The molecule has 1 atom stereocenters. The molecule has 0 aliphatic heterocycles. The second-order valence-corrected chi connectivity index (χ2v) is 7.58. The molecular formula is C24H26N2O7. The molecule has 1 amide bonds. The van der Waals surface area contributed by atoms with Crippen molar-refractivity contribution in [3.8, 4) is 5.75 Å². The molecule has 33 heavy (non-hydrogen) atoms. The number of methoxy groups -OCH3 is 1. The van der Waals surface area contributed by atoms with Gasteiger partial charge in [0.25, 0.3) is 11.7 Å². The SMILES string of the molecule is COC(=O)COc1c(CC(O)CO)ccc2c1c(C(=O)C(N)=O)c(C)n2Cc1ccccc1. The van der Waals surface area contributed by atoms with E-state index in [4.69, 9.17) is 10.5 Å². The molecule has 9 nitrogen and oxygen atoms in total. The Morgan fingerprint density at radius 3 is 2.42 bits per heavy atom. The molecule has 3 aromatic rings. The second-order valence-electron chi connectivity index (χ2n) is 7.58. The van der Waals surface area contributed by atoms with Crippen LogP contribution in [0.1, 0.15) is 27.2 Å². The van der Waals surface area contributed by atoms with Crippen molar-refractivity contribution in [2.45, 2.75) is 26.0 Å². The molecule has 1 heterocycles. The Hall–Kier alpha value is -3.69. The normalized spacial score (nSPS) is 11.9. The predicted molar refractivity (Wildman–Crippen MR) is 120 cm³/mol. The number of benzene rings is 2. The molecule has 3 rings (SSSR count). The van der Waals surface area contributed by atoms with Gasteiger partial charge in [-0.05, 0) is 24.1 Å². The Morgan fingerprint density at radius 1 is 1.12 bits per heavy atom. The van der Waals surface area contributed by atoms with E-state index in [1.54, 1.807) is 19.1 Å². The van der Waals surface area contributed by atoms with Gasteiger partial charge in [0.05, 0.1) is 36.3 Å². The van der Waals surface area contributed by atoms with Gasteiger partial charge in [-0.3, -0.25) is 9.59 Å². The van der Waals surface area contributed by atoms with E-state index in [9.17, 15) is 24.6 Å². The first kappa shape index (κ1) is 24.0. The Kier molecular flexibility index (Phi) is 7.47. The van der Waals surface area contributed by atoms with E-state index in [2.05, 4.69) is 4.74 Å². The molecule has 2 aromatic carbocycles. The molecule has 1 aromatic heterocycles. The summed E-state index contributed by atoms with van der Waals surface area (Å²) >= 11 is 0. The monoisotopic (exact) mass is 454 g/mol. The number of rotatable bonds is 10. The molecule has 0 saturated heterocycles. The smallest absolute Gasteiger partial charge is 0.343 e. The Bertz CT molecular complexity index is 1180. The van der Waals surface area contributed by atoms with E-state index in [0.717, 1.165) is 5.56 Å². The van der Waals surface area contributed by atoms with Gasteiger partial charge in [0.2, 0.25) is 0 Å². The fourth-order valence-corrected chi connectivity index (χ4v) is 3.78. The second kappa shape index (κ2) is 10.3. The maximum Gasteiger partial charge on any atom is 0.343 e. The Labute approximate surface area is 190 Å². The summed E-state index contributed by atoms with van der Waals surface area (Å²) in [6.45, 7) is 1.16. The summed E-state index contributed by atoms with van der Waals surface area (Å²) in [7, 11) is 1.21. The standard InChI is InChI=1S/C24H26N2O7/c1-14-20(22(30)24(25)31)21-18(26(14)11-15-6-4-3-5-7-15)9-8-16(10-17(28)12-27)23(21)33-13-19(29)32-2/h3-9,17,27-28H,10-13H2,1-2H3,(H2,25,31). The first-order chi connectivity index (χ1) is 15.8. The van der Waals surface area contributed by atoms with Crippen LogP contribution < -0.4 is 10.5 Å². The van der Waals surface area contributed by atoms with Crippen molar-refractivity contribution in [1.82, 2.24) is 4.57 Å². The van der Waals surface area contributed by atoms with Crippen LogP contribution in [-0.2, 0) is 27.3 Å². The number of nitrogens with zero attached hydrogens (tertiary/aromatic N) is 1. The number of carbonyl (C=O) groups excluding carboxylic acids is 3. The summed E-state index contributed by atoms with van der Waals surface area (Å²) in [5, 5.41) is 19.6. The molecular weight excluding hydrogens is 428 g/mol. The lowest BCUT2D eigenvalue weighted by Gasteiger charge is -2.16. The van der Waals surface area contributed by atoms with Crippen molar-refractivity contribution in [3.05, 3.63) is 64.8 Å². The third kappa shape index (κ3) is 5.05. The fraction of sp³-hybridized carbons (Fsp3) is 0.292. The third-order valence-electron chi connectivity index (χ3n) is 5.39. The molecule has 0 saturated carbocycles. The molecule has 4 N–H and O–H groups in total. The quantitative estimate of drug-likeness (QED) is 0.237. The van der Waals surface area contributed by atoms with Gasteiger partial charge in [0.1, 0.15) is 5.75 Å². The van der Waals surface area contributed by atoms with Crippen molar-refractivity contribution < 1.29 is 34.1 Å². The lowest BCUT2D eigenvalue weighted by atomic mass is 9.99. The summed E-state index contributed by atoms with van der Waals surface area (Å²) in [6, 6.07) is 13.0. The molecule has 1 unspecified atom stereocenters. The van der Waals surface area contributed by atoms with Crippen molar-refractivity contribution in [2.24, 2.45) is 5.73 Å². The van der Waals surface area contributed by atoms with Gasteiger partial charge < -0.3 is 30.0 Å². The van der Waals surface area contributed by atoms with E-state index in [1.165, 1.54) is 7.11 Å². The van der Waals surface area contributed by atoms with Crippen LogP contribution in [0.25, 0.3) is 10.9 Å². The van der Waals surface area contributed by atoms with Gasteiger partial charge in [-0.25, -0.2) is 4.79 Å². The van der Waals surface area contributed by atoms with Crippen molar-refractivity contribution >= 4 is 28.6 Å². The van der Waals surface area contributed by atoms with Crippen molar-refractivity contribution in [2.75, 3.05) is 20.3 Å². The van der Waals surface area contributed by atoms with E-state index in [0.29, 0.717) is 28.7 Å². The highest BCUT2D eigenvalue weighted by Gasteiger charge is 2.28. The van der Waals surface area contributed by atoms with Crippen LogP contribution in [0.5, 0.6) is 5.75 Å². The van der Waals surface area contributed by atoms with Gasteiger partial charge in [-0.1, -0.05) is 36.4 Å². The van der Waals surface area contributed by atoms with Gasteiger partial charge in [0, 0.05) is 18.7 Å². The van der Waals surface area contributed by atoms with Gasteiger partial charge in [-0.2, -0.15) is 0 Å². The topological polar surface area (TPSA) is 141 Å². The number of aliphatic hydroxyl groups excluding tert-OH is 2. The zero-order valence-electron chi connectivity index (χ0n) is 18.4. The van der Waals surface area contributed by atoms with Crippen molar-refractivity contribution in [1.29, 1.82) is 0 Å². The van der Waals surface area contributed by atoms with Gasteiger partial charge in [-0.15, -0.1) is 0 Å². The molecule has 0 fully saturated rings. The zero-order chi connectivity index (χ0) is 24.1. The molecule has 0 bridgehead atoms. The fourth-order valence-electron chi connectivity index (χ4n) is 3.78. The lowest BCUT2D eigenvalue weighted by molar-refractivity contribution is -0.142. The number of aliphatic hydroxyl groups is 2. The van der Waals surface area contributed by atoms with Crippen LogP contribution in [0, 0.1) is 6.92 Å². The highest BCUT2D eigenvalue weighted by molar-refractivity contribution is 6.45. The lowest BCUT2D eigenvalue weighted by Crippen LogP contribution is -2.24. The number of hydrogen-bond acceptors (Lipinski definition) is 7. The average Bonchev–Trinajstić information content (AvgIpc) is 3.09. The number of amides is 1. The number of hydrogen-bond donors (Lipinski definition) is 3. The predicted octanol–water partition coefficient (Wildman–Crippen LogP) is 1.11. The van der Waals surface area contributed by atoms with E-state index >= 15 is 0 Å². The van der Waals surface area contributed by atoms with Crippen LogP contribution in [0.15, 0.2) is 42.5 Å². The molecule has 0 radical (unpaired) electrons. The molecule has 0 aliphatic carbocycles. The molecule has 0 aliphatic rings. The molecule has 174 valence electrons. The van der Waals surface area contributed by atoms with Crippen LogP contribution in [0.3, 0.4) is 0 Å². The minimum atomic E-state index is -1.13. The maximum absolute atomic E-state index is 12.9. The minimum Gasteiger partial charge on any atom is -0.481 e. The Morgan fingerprint density at radius 2 is 1.82 bits per heavy atom. The van der Waals surface area contributed by atoms with E-state index < -0.39 is 37.0 Å². The average molecular weight is 454 g/mol. The first-order valence-corrected chi connectivity index (χ1v) is 10.3. The molecule has 9 heteroatoms. The number of nitrogens with two attached hydrogens (primary N) is 1. The van der Waals surface area contributed by atoms with Crippen LogP contribution in [0.4, 0.5) is 0 Å². The van der Waals surface area contributed by atoms with E-state index in [-0.39, 0.29) is 17.7 Å². The summed E-state index contributed by atoms with van der Waals surface area (Å²) in [5.74, 6) is -2.53. The highest BCUT2D eigenvalue weighted by Crippen LogP contribution is 2.38. The number of ether oxygens (including phenoxy) is 2. The minimum absolute atomic E-state index is 0.00391. The number of aromatic nitrogens is 1. The summed E-state index contributed by atoms with van der Waals surface area (Å²) in [6.07, 6.45) is -1.10. The third-order valence-corrected chi connectivity index (χ3v) is 5.39. The number of Topliss-reactive ketones (excluding diaryl/α,β-unsaturated/α-hetero) is 1. The highest BCUT2D eigenvalue weighted by atomic mass is 16.6. The molecule has 0 spiro atoms. The van der Waals surface area contributed by atoms with Gasteiger partial charge in [0.15, 0.2) is 6.61 Å². The van der Waals surface area contributed by atoms with Crippen LogP contribution in [-0.4, -0.2) is 58.9 Å². The Balaban J connectivity index is 2.29. The summed E-state index contributed by atoms with van der Waals surface area (Å²) < 4.78 is 12.3. The van der Waals surface area contributed by atoms with E-state index in [1.807, 2.05) is 34.9 Å². The number of esters is 1. The van der Waals surface area contributed by atoms with Crippen molar-refractivity contribution in [3.63, 3.8) is 0 Å². The number of ketones is 1. The maximum atomic E-state index is 12.9. The van der Waals surface area contributed by atoms with Gasteiger partial charge >= 0.3 is 5.97 Å². The summed E-state index contributed by atoms with van der Waals surface area (Å²) in [4.78, 5) is 36.5. The summed E-state index contributed by atoms with van der Waals surface area (Å²) in [5.41, 5.74) is 7.90. The number of fused-ring (bicyclic) bond motifs is 1. The van der Waals surface area contributed by atoms with Crippen LogP contribution >= 0.6 is 0 Å². The largest absolute Gasteiger partial charge is 0.481 e.